The number of nitro groups is 1. The molecule has 0 aliphatic carbocycles. The van der Waals surface area contributed by atoms with Crippen molar-refractivity contribution in [2.75, 3.05) is 32.8 Å². The minimum Gasteiger partial charge on any atom is -0.493 e. The van der Waals surface area contributed by atoms with Crippen molar-refractivity contribution in [2.24, 2.45) is 0 Å². The van der Waals surface area contributed by atoms with Gasteiger partial charge in [0.25, 0.3) is 5.91 Å². The first-order chi connectivity index (χ1) is 15.8. The summed E-state index contributed by atoms with van der Waals surface area (Å²) >= 11 is 0. The van der Waals surface area contributed by atoms with E-state index in [4.69, 9.17) is 14.2 Å². The van der Waals surface area contributed by atoms with Gasteiger partial charge in [0.1, 0.15) is 18.0 Å². The fourth-order valence-corrected chi connectivity index (χ4v) is 3.35. The van der Waals surface area contributed by atoms with Gasteiger partial charge in [-0.25, -0.2) is 0 Å². The smallest absolute Gasteiger partial charge is 0.312 e. The number of aryl methyl sites for hydroxylation is 1. The SMILES string of the molecule is COCCOc1cc(NC(=O)c2ccc(Cn3nc(C)c([N+](=O)[O-])c3C)cc2)ccc1OC. The zero-order valence-corrected chi connectivity index (χ0v) is 19.0. The van der Waals surface area contributed by atoms with Gasteiger partial charge in [-0.15, -0.1) is 0 Å². The molecular formula is C23H26N4O6. The van der Waals surface area contributed by atoms with Crippen molar-refractivity contribution in [1.82, 2.24) is 9.78 Å². The summed E-state index contributed by atoms with van der Waals surface area (Å²) in [4.78, 5) is 23.5. The zero-order chi connectivity index (χ0) is 24.0. The van der Waals surface area contributed by atoms with Crippen LogP contribution < -0.4 is 14.8 Å². The molecular weight excluding hydrogens is 428 g/mol. The number of carbonyl (C=O) groups is 1. The van der Waals surface area contributed by atoms with E-state index in [0.717, 1.165) is 5.56 Å². The van der Waals surface area contributed by atoms with Crippen LogP contribution in [0.25, 0.3) is 0 Å². The van der Waals surface area contributed by atoms with Crippen LogP contribution in [0.2, 0.25) is 0 Å². The number of ether oxygens (including phenoxy) is 3. The lowest BCUT2D eigenvalue weighted by Gasteiger charge is -2.13. The van der Waals surface area contributed by atoms with Crippen LogP contribution in [0.3, 0.4) is 0 Å². The largest absolute Gasteiger partial charge is 0.493 e. The van der Waals surface area contributed by atoms with E-state index < -0.39 is 4.92 Å². The number of nitrogens with one attached hydrogen (secondary N) is 1. The van der Waals surface area contributed by atoms with E-state index in [1.165, 1.54) is 0 Å². The minimum atomic E-state index is -0.422. The van der Waals surface area contributed by atoms with Gasteiger partial charge in [0, 0.05) is 24.4 Å². The lowest BCUT2D eigenvalue weighted by atomic mass is 10.1. The quantitative estimate of drug-likeness (QED) is 0.282. The van der Waals surface area contributed by atoms with Crippen LogP contribution in [0.5, 0.6) is 11.5 Å². The number of methoxy groups -OCH3 is 2. The van der Waals surface area contributed by atoms with Gasteiger partial charge in [-0.05, 0) is 43.7 Å². The second-order valence-electron chi connectivity index (χ2n) is 7.29. The van der Waals surface area contributed by atoms with Crippen molar-refractivity contribution in [1.29, 1.82) is 0 Å². The number of carbonyl (C=O) groups excluding carboxylic acids is 1. The molecule has 1 aromatic heterocycles. The molecule has 0 spiro atoms. The molecule has 0 atom stereocenters. The molecule has 0 bridgehead atoms. The third-order valence-electron chi connectivity index (χ3n) is 5.04. The molecule has 1 N–H and O–H groups in total. The van der Waals surface area contributed by atoms with Crippen molar-refractivity contribution < 1.29 is 23.9 Å². The fourth-order valence-electron chi connectivity index (χ4n) is 3.35. The average molecular weight is 454 g/mol. The molecule has 0 fully saturated rings. The molecule has 174 valence electrons. The van der Waals surface area contributed by atoms with Crippen LogP contribution in [0.1, 0.15) is 27.3 Å². The van der Waals surface area contributed by atoms with Gasteiger partial charge in [0.15, 0.2) is 11.5 Å². The number of hydrogen-bond donors (Lipinski definition) is 1. The van der Waals surface area contributed by atoms with E-state index in [9.17, 15) is 14.9 Å². The van der Waals surface area contributed by atoms with Crippen molar-refractivity contribution in [3.05, 3.63) is 75.1 Å². The highest BCUT2D eigenvalue weighted by Crippen LogP contribution is 2.30. The highest BCUT2D eigenvalue weighted by molar-refractivity contribution is 6.04. The maximum Gasteiger partial charge on any atom is 0.312 e. The third-order valence-corrected chi connectivity index (χ3v) is 5.04. The van der Waals surface area contributed by atoms with Crippen LogP contribution in [0.15, 0.2) is 42.5 Å². The molecule has 1 heterocycles. The summed E-state index contributed by atoms with van der Waals surface area (Å²) in [6, 6.07) is 12.1. The molecule has 0 aliphatic heterocycles. The van der Waals surface area contributed by atoms with E-state index >= 15 is 0 Å². The summed E-state index contributed by atoms with van der Waals surface area (Å²) in [5, 5.41) is 18.3. The number of rotatable bonds is 10. The fraction of sp³-hybridized carbons (Fsp3) is 0.304. The third kappa shape index (κ3) is 5.66. The zero-order valence-electron chi connectivity index (χ0n) is 19.0. The summed E-state index contributed by atoms with van der Waals surface area (Å²) in [7, 11) is 3.13. The average Bonchev–Trinajstić information content (AvgIpc) is 3.07. The van der Waals surface area contributed by atoms with Gasteiger partial charge in [-0.2, -0.15) is 5.10 Å². The van der Waals surface area contributed by atoms with Gasteiger partial charge < -0.3 is 19.5 Å². The molecule has 0 unspecified atom stereocenters. The molecule has 0 saturated carbocycles. The number of hydrogen-bond acceptors (Lipinski definition) is 7. The Morgan fingerprint density at radius 1 is 1.09 bits per heavy atom. The summed E-state index contributed by atoms with van der Waals surface area (Å²) in [6.07, 6.45) is 0. The summed E-state index contributed by atoms with van der Waals surface area (Å²) in [5.74, 6) is 0.774. The molecule has 33 heavy (non-hydrogen) atoms. The lowest BCUT2D eigenvalue weighted by Crippen LogP contribution is -2.13. The second-order valence-corrected chi connectivity index (χ2v) is 7.29. The first kappa shape index (κ1) is 23.7. The monoisotopic (exact) mass is 454 g/mol. The van der Waals surface area contributed by atoms with Crippen LogP contribution in [0, 0.1) is 24.0 Å². The summed E-state index contributed by atoms with van der Waals surface area (Å²) in [5.41, 5.74) is 2.78. The van der Waals surface area contributed by atoms with Crippen molar-refractivity contribution in [2.45, 2.75) is 20.4 Å². The number of anilines is 1. The minimum absolute atomic E-state index is 0.0241. The molecule has 10 heteroatoms. The molecule has 2 aromatic carbocycles. The molecule has 0 radical (unpaired) electrons. The van der Waals surface area contributed by atoms with Crippen LogP contribution in [-0.2, 0) is 11.3 Å². The van der Waals surface area contributed by atoms with Gasteiger partial charge in [0.2, 0.25) is 0 Å². The summed E-state index contributed by atoms with van der Waals surface area (Å²) in [6.45, 7) is 4.43. The first-order valence-corrected chi connectivity index (χ1v) is 10.2. The second kappa shape index (κ2) is 10.6. The normalized spacial score (nSPS) is 10.7. The van der Waals surface area contributed by atoms with E-state index in [1.807, 2.05) is 0 Å². The molecule has 0 saturated heterocycles. The first-order valence-electron chi connectivity index (χ1n) is 10.2. The predicted octanol–water partition coefficient (Wildman–Crippen LogP) is 3.74. The Bertz CT molecular complexity index is 1140. The van der Waals surface area contributed by atoms with E-state index in [0.29, 0.717) is 53.9 Å². The van der Waals surface area contributed by atoms with Gasteiger partial charge in [-0.3, -0.25) is 19.6 Å². The Balaban J connectivity index is 1.69. The van der Waals surface area contributed by atoms with Crippen molar-refractivity contribution in [3.8, 4) is 11.5 Å². The topological polar surface area (TPSA) is 118 Å². The van der Waals surface area contributed by atoms with Crippen LogP contribution in [0.4, 0.5) is 11.4 Å². The molecule has 10 nitrogen and oxygen atoms in total. The molecule has 3 rings (SSSR count). The highest BCUT2D eigenvalue weighted by atomic mass is 16.6. The van der Waals surface area contributed by atoms with Crippen molar-refractivity contribution >= 4 is 17.3 Å². The predicted molar refractivity (Wildman–Crippen MR) is 122 cm³/mol. The molecule has 0 aliphatic rings. The van der Waals surface area contributed by atoms with Crippen LogP contribution >= 0.6 is 0 Å². The van der Waals surface area contributed by atoms with E-state index in [2.05, 4.69) is 10.4 Å². The lowest BCUT2D eigenvalue weighted by molar-refractivity contribution is -0.386. The van der Waals surface area contributed by atoms with Gasteiger partial charge in [0.05, 0.1) is 25.2 Å². The maximum absolute atomic E-state index is 12.7. The van der Waals surface area contributed by atoms with Gasteiger partial charge in [-0.1, -0.05) is 12.1 Å². The summed E-state index contributed by atoms with van der Waals surface area (Å²) < 4.78 is 17.5. The number of nitrogens with zero attached hydrogens (tertiary/aromatic N) is 3. The van der Waals surface area contributed by atoms with Crippen LogP contribution in [-0.4, -0.2) is 48.0 Å². The standard InChI is InChI=1S/C23H26N4O6/c1-15-22(27(29)30)16(2)26(25-15)14-17-5-7-18(8-6-17)23(28)24-19-9-10-20(32-4)21(13-19)33-12-11-31-3/h5-10,13H,11-12,14H2,1-4H3,(H,24,28). The number of benzene rings is 2. The Labute approximate surface area is 191 Å². The molecule has 1 amide bonds. The van der Waals surface area contributed by atoms with E-state index in [-0.39, 0.29) is 11.6 Å². The maximum atomic E-state index is 12.7. The van der Waals surface area contributed by atoms with E-state index in [1.54, 1.807) is 75.2 Å². The Morgan fingerprint density at radius 3 is 2.42 bits per heavy atom. The Morgan fingerprint density at radius 2 is 1.82 bits per heavy atom. The number of aromatic nitrogens is 2. The number of amides is 1. The van der Waals surface area contributed by atoms with Gasteiger partial charge >= 0.3 is 5.69 Å². The highest BCUT2D eigenvalue weighted by Gasteiger charge is 2.21. The molecule has 3 aromatic rings. The Kier molecular flexibility index (Phi) is 7.62. The van der Waals surface area contributed by atoms with Crippen molar-refractivity contribution in [3.63, 3.8) is 0 Å². The Hall–Kier alpha value is -3.92.